The zero-order valence-electron chi connectivity index (χ0n) is 13.2. The van der Waals surface area contributed by atoms with Gasteiger partial charge >= 0.3 is 0 Å². The molecule has 0 aliphatic rings. The number of nitrogens with zero attached hydrogens (tertiary/aromatic N) is 2. The Kier molecular flexibility index (Phi) is 5.18. The van der Waals surface area contributed by atoms with Gasteiger partial charge in [0.25, 0.3) is 0 Å². The van der Waals surface area contributed by atoms with E-state index in [4.69, 9.17) is 4.74 Å². The number of nitrogens with one attached hydrogen (secondary N) is 1. The summed E-state index contributed by atoms with van der Waals surface area (Å²) in [4.78, 5) is 13.1. The van der Waals surface area contributed by atoms with E-state index in [1.54, 1.807) is 13.3 Å². The van der Waals surface area contributed by atoms with Gasteiger partial charge in [0.05, 0.1) is 18.2 Å². The van der Waals surface area contributed by atoms with Crippen LogP contribution in [0.15, 0.2) is 54.7 Å². The Balaban J connectivity index is 1.52. The number of hydrogen-bond donors (Lipinski definition) is 1. The molecule has 1 amide bonds. The van der Waals surface area contributed by atoms with Crippen LogP contribution in [0.1, 0.15) is 12.0 Å². The zero-order valence-corrected chi connectivity index (χ0v) is 14.0. The van der Waals surface area contributed by atoms with Crippen molar-refractivity contribution >= 4 is 23.1 Å². The molecule has 0 fully saturated rings. The minimum atomic E-state index is -0.00183. The first kappa shape index (κ1) is 16.1. The highest BCUT2D eigenvalue weighted by Gasteiger charge is 2.05. The highest BCUT2D eigenvalue weighted by atomic mass is 32.1. The molecule has 3 rings (SSSR count). The molecule has 24 heavy (non-hydrogen) atoms. The fourth-order valence-corrected chi connectivity index (χ4v) is 2.80. The lowest BCUT2D eigenvalue weighted by molar-refractivity contribution is -0.116. The third kappa shape index (κ3) is 4.17. The SMILES string of the molecule is COc1ccc(CCC(=O)Nc2ccc(-c3cnns3)cc2)cc1. The molecule has 1 N–H and O–H groups in total. The van der Waals surface area contributed by atoms with Gasteiger partial charge in [0.15, 0.2) is 0 Å². The lowest BCUT2D eigenvalue weighted by Crippen LogP contribution is -2.12. The van der Waals surface area contributed by atoms with E-state index in [0.717, 1.165) is 27.4 Å². The molecule has 0 aliphatic carbocycles. The summed E-state index contributed by atoms with van der Waals surface area (Å²) in [6.45, 7) is 0. The van der Waals surface area contributed by atoms with Crippen molar-refractivity contribution < 1.29 is 9.53 Å². The van der Waals surface area contributed by atoms with Crippen LogP contribution < -0.4 is 10.1 Å². The minimum Gasteiger partial charge on any atom is -0.497 e. The summed E-state index contributed by atoms with van der Waals surface area (Å²) in [6, 6.07) is 15.4. The van der Waals surface area contributed by atoms with Gasteiger partial charge in [-0.3, -0.25) is 4.79 Å². The number of aromatic nitrogens is 2. The molecule has 0 aliphatic heterocycles. The molecule has 0 spiro atoms. The molecular formula is C18H17N3O2S. The third-order valence-corrected chi connectivity index (χ3v) is 4.33. The highest BCUT2D eigenvalue weighted by Crippen LogP contribution is 2.23. The summed E-state index contributed by atoms with van der Waals surface area (Å²) in [7, 11) is 1.64. The predicted molar refractivity (Wildman–Crippen MR) is 95.3 cm³/mol. The number of carbonyl (C=O) groups is 1. The summed E-state index contributed by atoms with van der Waals surface area (Å²) in [5, 5.41) is 6.74. The van der Waals surface area contributed by atoms with Crippen LogP contribution in [0.3, 0.4) is 0 Å². The van der Waals surface area contributed by atoms with Crippen molar-refractivity contribution in [2.24, 2.45) is 0 Å². The number of rotatable bonds is 6. The maximum absolute atomic E-state index is 12.1. The Labute approximate surface area is 144 Å². The van der Waals surface area contributed by atoms with Crippen molar-refractivity contribution in [1.82, 2.24) is 9.59 Å². The topological polar surface area (TPSA) is 64.1 Å². The monoisotopic (exact) mass is 339 g/mol. The second-order valence-electron chi connectivity index (χ2n) is 5.26. The van der Waals surface area contributed by atoms with Crippen molar-refractivity contribution in [2.45, 2.75) is 12.8 Å². The number of carbonyl (C=O) groups excluding carboxylic acids is 1. The number of ether oxygens (including phenoxy) is 1. The molecule has 0 unspecified atom stereocenters. The maximum atomic E-state index is 12.1. The number of anilines is 1. The average molecular weight is 339 g/mol. The number of methoxy groups -OCH3 is 1. The van der Waals surface area contributed by atoms with E-state index in [0.29, 0.717) is 12.8 Å². The summed E-state index contributed by atoms with van der Waals surface area (Å²) >= 11 is 1.35. The number of hydrogen-bond acceptors (Lipinski definition) is 5. The lowest BCUT2D eigenvalue weighted by Gasteiger charge is -2.07. The van der Waals surface area contributed by atoms with Gasteiger partial charge in [0, 0.05) is 12.1 Å². The van der Waals surface area contributed by atoms with Gasteiger partial charge in [-0.2, -0.15) is 0 Å². The molecule has 1 aromatic heterocycles. The first-order valence-corrected chi connectivity index (χ1v) is 8.32. The maximum Gasteiger partial charge on any atom is 0.224 e. The Bertz CT molecular complexity index is 784. The van der Waals surface area contributed by atoms with Gasteiger partial charge in [0.2, 0.25) is 5.91 Å². The summed E-state index contributed by atoms with van der Waals surface area (Å²) in [5.41, 5.74) is 2.94. The summed E-state index contributed by atoms with van der Waals surface area (Å²) in [5.74, 6) is 0.817. The minimum absolute atomic E-state index is 0.00183. The molecule has 6 heteroatoms. The molecule has 0 bridgehead atoms. The molecule has 122 valence electrons. The van der Waals surface area contributed by atoms with E-state index >= 15 is 0 Å². The first-order chi connectivity index (χ1) is 11.7. The average Bonchev–Trinajstić information content (AvgIpc) is 3.16. The van der Waals surface area contributed by atoms with Crippen LogP contribution in [0.4, 0.5) is 5.69 Å². The Morgan fingerprint density at radius 3 is 2.50 bits per heavy atom. The van der Waals surface area contributed by atoms with Crippen molar-refractivity contribution in [3.63, 3.8) is 0 Å². The Morgan fingerprint density at radius 1 is 1.12 bits per heavy atom. The van der Waals surface area contributed by atoms with Crippen molar-refractivity contribution in [3.8, 4) is 16.2 Å². The van der Waals surface area contributed by atoms with Gasteiger partial charge in [-0.25, -0.2) is 0 Å². The second kappa shape index (κ2) is 7.70. The molecule has 3 aromatic rings. The summed E-state index contributed by atoms with van der Waals surface area (Å²) < 4.78 is 8.97. The molecule has 0 saturated heterocycles. The van der Waals surface area contributed by atoms with E-state index in [9.17, 15) is 4.79 Å². The van der Waals surface area contributed by atoms with Crippen LogP contribution in [0.25, 0.3) is 10.4 Å². The quantitative estimate of drug-likeness (QED) is 0.742. The third-order valence-electron chi connectivity index (χ3n) is 3.61. The van der Waals surface area contributed by atoms with Gasteiger partial charge in [-0.1, -0.05) is 28.8 Å². The molecule has 5 nitrogen and oxygen atoms in total. The Morgan fingerprint density at radius 2 is 1.88 bits per heavy atom. The molecular weight excluding hydrogens is 322 g/mol. The molecule has 1 heterocycles. The normalized spacial score (nSPS) is 10.4. The van der Waals surface area contributed by atoms with Crippen LogP contribution in [-0.2, 0) is 11.2 Å². The number of amides is 1. The Hall–Kier alpha value is -2.73. The molecule has 2 aromatic carbocycles. The first-order valence-electron chi connectivity index (χ1n) is 7.55. The molecule has 0 radical (unpaired) electrons. The summed E-state index contributed by atoms with van der Waals surface area (Å²) in [6.07, 6.45) is 2.86. The van der Waals surface area contributed by atoms with Crippen LogP contribution in [0, 0.1) is 0 Å². The number of aryl methyl sites for hydroxylation is 1. The van der Waals surface area contributed by atoms with E-state index in [1.807, 2.05) is 48.5 Å². The van der Waals surface area contributed by atoms with Crippen LogP contribution >= 0.6 is 11.5 Å². The lowest BCUT2D eigenvalue weighted by atomic mass is 10.1. The van der Waals surface area contributed by atoms with Crippen LogP contribution in [-0.4, -0.2) is 22.6 Å². The van der Waals surface area contributed by atoms with Gasteiger partial charge in [-0.05, 0) is 53.3 Å². The van der Waals surface area contributed by atoms with E-state index in [1.165, 1.54) is 11.5 Å². The van der Waals surface area contributed by atoms with E-state index in [-0.39, 0.29) is 5.91 Å². The van der Waals surface area contributed by atoms with Crippen molar-refractivity contribution in [2.75, 3.05) is 12.4 Å². The smallest absolute Gasteiger partial charge is 0.224 e. The fourth-order valence-electron chi connectivity index (χ4n) is 2.29. The predicted octanol–water partition coefficient (Wildman–Crippen LogP) is 3.79. The largest absolute Gasteiger partial charge is 0.497 e. The zero-order chi connectivity index (χ0) is 16.8. The molecule has 0 atom stereocenters. The van der Waals surface area contributed by atoms with Crippen LogP contribution in [0.5, 0.6) is 5.75 Å². The highest BCUT2D eigenvalue weighted by molar-refractivity contribution is 7.09. The van der Waals surface area contributed by atoms with Gasteiger partial charge < -0.3 is 10.1 Å². The van der Waals surface area contributed by atoms with Crippen LogP contribution in [0.2, 0.25) is 0 Å². The number of benzene rings is 2. The van der Waals surface area contributed by atoms with E-state index < -0.39 is 0 Å². The molecule has 0 saturated carbocycles. The standard InChI is InChI=1S/C18H17N3O2S/c1-23-16-9-2-13(3-10-16)4-11-18(22)20-15-7-5-14(6-8-15)17-12-19-21-24-17/h2-3,5-10,12H,4,11H2,1H3,(H,20,22). The van der Waals surface area contributed by atoms with E-state index in [2.05, 4.69) is 14.9 Å². The fraction of sp³-hybridized carbons (Fsp3) is 0.167. The van der Waals surface area contributed by atoms with Gasteiger partial charge in [-0.15, -0.1) is 5.10 Å². The van der Waals surface area contributed by atoms with Crippen molar-refractivity contribution in [1.29, 1.82) is 0 Å². The second-order valence-corrected chi connectivity index (χ2v) is 6.04. The van der Waals surface area contributed by atoms with Crippen molar-refractivity contribution in [3.05, 3.63) is 60.3 Å². The van der Waals surface area contributed by atoms with Gasteiger partial charge in [0.1, 0.15) is 5.75 Å².